The standard InChI is InChI=1S/C24H23FN4O2/c1-24(2,3)21-14-22-27-18(17-7-5-6-8-20(17)31-4)13-19(29(22)28-21)23(30)26-16-11-9-15(25)10-12-16/h5-14H,1-4H3,(H,26,30). The first-order valence-electron chi connectivity index (χ1n) is 9.88. The monoisotopic (exact) mass is 418 g/mol. The molecule has 0 saturated carbocycles. The van der Waals surface area contributed by atoms with E-state index in [0.29, 0.717) is 28.5 Å². The van der Waals surface area contributed by atoms with E-state index in [1.165, 1.54) is 24.3 Å². The summed E-state index contributed by atoms with van der Waals surface area (Å²) in [4.78, 5) is 17.9. The van der Waals surface area contributed by atoms with Crippen molar-refractivity contribution in [3.63, 3.8) is 0 Å². The summed E-state index contributed by atoms with van der Waals surface area (Å²) in [7, 11) is 1.59. The Kier molecular flexibility index (Phi) is 5.19. The molecule has 1 amide bonds. The molecule has 2 aromatic carbocycles. The maximum absolute atomic E-state index is 13.2. The number of carbonyl (C=O) groups excluding carboxylic acids is 1. The first kappa shape index (κ1) is 20.5. The molecule has 4 aromatic rings. The van der Waals surface area contributed by atoms with Gasteiger partial charge in [-0.05, 0) is 42.5 Å². The van der Waals surface area contributed by atoms with Gasteiger partial charge in [-0.1, -0.05) is 32.9 Å². The van der Waals surface area contributed by atoms with E-state index in [9.17, 15) is 9.18 Å². The Morgan fingerprint density at radius 3 is 2.45 bits per heavy atom. The highest BCUT2D eigenvalue weighted by Gasteiger charge is 2.22. The number of aromatic nitrogens is 3. The zero-order chi connectivity index (χ0) is 22.2. The number of halogens is 1. The molecule has 31 heavy (non-hydrogen) atoms. The van der Waals surface area contributed by atoms with Crippen molar-refractivity contribution in [3.8, 4) is 17.0 Å². The van der Waals surface area contributed by atoms with Crippen LogP contribution < -0.4 is 10.1 Å². The van der Waals surface area contributed by atoms with Gasteiger partial charge in [-0.15, -0.1) is 0 Å². The highest BCUT2D eigenvalue weighted by Crippen LogP contribution is 2.30. The molecule has 0 aliphatic heterocycles. The van der Waals surface area contributed by atoms with Crippen molar-refractivity contribution in [1.82, 2.24) is 14.6 Å². The molecule has 0 unspecified atom stereocenters. The molecular weight excluding hydrogens is 395 g/mol. The zero-order valence-corrected chi connectivity index (χ0v) is 17.8. The number of methoxy groups -OCH3 is 1. The van der Waals surface area contributed by atoms with Crippen LogP contribution in [0.15, 0.2) is 60.7 Å². The number of nitrogens with one attached hydrogen (secondary N) is 1. The number of hydrogen-bond acceptors (Lipinski definition) is 4. The number of carbonyl (C=O) groups is 1. The molecule has 6 nitrogen and oxygen atoms in total. The highest BCUT2D eigenvalue weighted by atomic mass is 19.1. The van der Waals surface area contributed by atoms with Crippen LogP contribution in [0.5, 0.6) is 5.75 Å². The fourth-order valence-corrected chi connectivity index (χ4v) is 3.23. The van der Waals surface area contributed by atoms with Crippen LogP contribution in [0.4, 0.5) is 10.1 Å². The van der Waals surface area contributed by atoms with Gasteiger partial charge >= 0.3 is 0 Å². The van der Waals surface area contributed by atoms with Crippen LogP contribution in [0, 0.1) is 5.82 Å². The van der Waals surface area contributed by atoms with E-state index in [1.54, 1.807) is 17.7 Å². The van der Waals surface area contributed by atoms with Crippen molar-refractivity contribution in [3.05, 3.63) is 77.9 Å². The topological polar surface area (TPSA) is 68.5 Å². The first-order chi connectivity index (χ1) is 14.8. The molecule has 0 atom stereocenters. The number of benzene rings is 2. The van der Waals surface area contributed by atoms with Gasteiger partial charge in [0.15, 0.2) is 5.65 Å². The second kappa shape index (κ2) is 7.83. The van der Waals surface area contributed by atoms with Crippen molar-refractivity contribution in [2.75, 3.05) is 12.4 Å². The van der Waals surface area contributed by atoms with Crippen LogP contribution in [0.25, 0.3) is 16.9 Å². The number of nitrogens with zero attached hydrogens (tertiary/aromatic N) is 3. The fourth-order valence-electron chi connectivity index (χ4n) is 3.23. The Labute approximate surface area is 179 Å². The Hall–Kier alpha value is -3.74. The summed E-state index contributed by atoms with van der Waals surface area (Å²) in [5.74, 6) is -0.0943. The molecule has 2 heterocycles. The van der Waals surface area contributed by atoms with Gasteiger partial charge in [-0.3, -0.25) is 4.79 Å². The molecule has 7 heteroatoms. The number of para-hydroxylation sites is 1. The minimum absolute atomic E-state index is 0.219. The number of hydrogen-bond donors (Lipinski definition) is 1. The second-order valence-electron chi connectivity index (χ2n) is 8.24. The van der Waals surface area contributed by atoms with Gasteiger partial charge in [-0.25, -0.2) is 13.9 Å². The SMILES string of the molecule is COc1ccccc1-c1cc(C(=O)Nc2ccc(F)cc2)n2nc(C(C)(C)C)cc2n1. The number of ether oxygens (including phenoxy) is 1. The van der Waals surface area contributed by atoms with Crippen LogP contribution in [0.1, 0.15) is 37.0 Å². The number of amides is 1. The molecule has 158 valence electrons. The molecule has 2 aromatic heterocycles. The van der Waals surface area contributed by atoms with Gasteiger partial charge in [0, 0.05) is 22.7 Å². The van der Waals surface area contributed by atoms with Crippen LogP contribution in [-0.4, -0.2) is 27.6 Å². The molecule has 0 saturated heterocycles. The first-order valence-corrected chi connectivity index (χ1v) is 9.88. The average Bonchev–Trinajstić information content (AvgIpc) is 3.19. The van der Waals surface area contributed by atoms with Crippen molar-refractivity contribution < 1.29 is 13.9 Å². The van der Waals surface area contributed by atoms with E-state index < -0.39 is 0 Å². The van der Waals surface area contributed by atoms with Crippen molar-refractivity contribution in [1.29, 1.82) is 0 Å². The lowest BCUT2D eigenvalue weighted by molar-refractivity contribution is 0.101. The largest absolute Gasteiger partial charge is 0.496 e. The van der Waals surface area contributed by atoms with Gasteiger partial charge in [-0.2, -0.15) is 5.10 Å². The molecule has 0 spiro atoms. The van der Waals surface area contributed by atoms with E-state index in [-0.39, 0.29) is 17.1 Å². The molecule has 0 fully saturated rings. The second-order valence-corrected chi connectivity index (χ2v) is 8.24. The predicted octanol–water partition coefficient (Wildman–Crippen LogP) is 5.09. The number of fused-ring (bicyclic) bond motifs is 1. The lowest BCUT2D eigenvalue weighted by Gasteiger charge is -2.14. The molecule has 0 bridgehead atoms. The average molecular weight is 418 g/mol. The Balaban J connectivity index is 1.87. The van der Waals surface area contributed by atoms with E-state index in [4.69, 9.17) is 9.72 Å². The van der Waals surface area contributed by atoms with Crippen LogP contribution >= 0.6 is 0 Å². The quantitative estimate of drug-likeness (QED) is 0.501. The summed E-state index contributed by atoms with van der Waals surface area (Å²) in [5, 5.41) is 7.45. The minimum Gasteiger partial charge on any atom is -0.496 e. The molecule has 0 aliphatic carbocycles. The molecule has 0 radical (unpaired) electrons. The summed E-state index contributed by atoms with van der Waals surface area (Å²) in [6, 6.07) is 16.7. The minimum atomic E-state index is -0.376. The van der Waals surface area contributed by atoms with Crippen LogP contribution in [-0.2, 0) is 5.41 Å². The highest BCUT2D eigenvalue weighted by molar-refractivity contribution is 6.04. The molecule has 0 aliphatic rings. The smallest absolute Gasteiger partial charge is 0.274 e. The summed E-state index contributed by atoms with van der Waals surface area (Å²) in [5.41, 5.74) is 3.30. The third-order valence-electron chi connectivity index (χ3n) is 4.91. The van der Waals surface area contributed by atoms with Gasteiger partial charge in [0.05, 0.1) is 18.5 Å². The van der Waals surface area contributed by atoms with E-state index in [2.05, 4.69) is 10.4 Å². The Morgan fingerprint density at radius 1 is 1.06 bits per heavy atom. The fraction of sp³-hybridized carbons (Fsp3) is 0.208. The van der Waals surface area contributed by atoms with E-state index in [1.807, 2.05) is 51.1 Å². The summed E-state index contributed by atoms with van der Waals surface area (Å²) in [6.07, 6.45) is 0. The van der Waals surface area contributed by atoms with Crippen molar-refractivity contribution in [2.45, 2.75) is 26.2 Å². The van der Waals surface area contributed by atoms with Crippen LogP contribution in [0.3, 0.4) is 0 Å². The number of rotatable bonds is 4. The lowest BCUT2D eigenvalue weighted by Crippen LogP contribution is -2.18. The van der Waals surface area contributed by atoms with Crippen LogP contribution in [0.2, 0.25) is 0 Å². The lowest BCUT2D eigenvalue weighted by atomic mass is 9.93. The third kappa shape index (κ3) is 4.12. The molecule has 4 rings (SSSR count). The Bertz CT molecular complexity index is 1260. The predicted molar refractivity (Wildman–Crippen MR) is 118 cm³/mol. The maximum atomic E-state index is 13.2. The maximum Gasteiger partial charge on any atom is 0.274 e. The van der Waals surface area contributed by atoms with E-state index >= 15 is 0 Å². The third-order valence-corrected chi connectivity index (χ3v) is 4.91. The summed E-state index contributed by atoms with van der Waals surface area (Å²) >= 11 is 0. The summed E-state index contributed by atoms with van der Waals surface area (Å²) in [6.45, 7) is 6.15. The van der Waals surface area contributed by atoms with Crippen molar-refractivity contribution in [2.24, 2.45) is 0 Å². The molecular formula is C24H23FN4O2. The summed E-state index contributed by atoms with van der Waals surface area (Å²) < 4.78 is 20.3. The normalized spacial score (nSPS) is 11.5. The zero-order valence-electron chi connectivity index (χ0n) is 17.8. The van der Waals surface area contributed by atoms with Gasteiger partial charge < -0.3 is 10.1 Å². The van der Waals surface area contributed by atoms with Gasteiger partial charge in [0.2, 0.25) is 0 Å². The number of anilines is 1. The molecule has 1 N–H and O–H groups in total. The van der Waals surface area contributed by atoms with Crippen molar-refractivity contribution >= 4 is 17.2 Å². The van der Waals surface area contributed by atoms with E-state index in [0.717, 1.165) is 11.3 Å². The van der Waals surface area contributed by atoms with Gasteiger partial charge in [0.25, 0.3) is 5.91 Å². The van der Waals surface area contributed by atoms with Gasteiger partial charge in [0.1, 0.15) is 17.3 Å². The Morgan fingerprint density at radius 2 is 1.77 bits per heavy atom.